The molecule has 0 aromatic heterocycles. The average molecular weight is 258 g/mol. The zero-order valence-electron chi connectivity index (χ0n) is 9.17. The van der Waals surface area contributed by atoms with E-state index in [9.17, 15) is 22.6 Å². The monoisotopic (exact) mass is 258 g/mol. The fourth-order valence-corrected chi connectivity index (χ4v) is 3.71. The topological polar surface area (TPSA) is 37.3 Å². The first-order chi connectivity index (χ1) is 7.29. The van der Waals surface area contributed by atoms with Crippen LogP contribution in [-0.4, -0.2) is 23.4 Å². The van der Waals surface area contributed by atoms with E-state index in [1.807, 2.05) is 0 Å². The van der Waals surface area contributed by atoms with E-state index in [0.717, 1.165) is 25.7 Å². The third-order valence-corrected chi connectivity index (χ3v) is 4.85. The number of hydrogen-bond acceptors (Lipinski definition) is 1. The van der Waals surface area contributed by atoms with E-state index < -0.39 is 19.7 Å². The molecule has 0 amide bonds. The summed E-state index contributed by atoms with van der Waals surface area (Å²) in [6, 6.07) is 0. The van der Waals surface area contributed by atoms with E-state index >= 15 is 0 Å². The quantitative estimate of drug-likeness (QED) is 0.779. The van der Waals surface area contributed by atoms with Crippen LogP contribution in [0.1, 0.15) is 38.5 Å². The van der Waals surface area contributed by atoms with Crippen molar-refractivity contribution in [2.45, 2.75) is 44.7 Å². The molecule has 0 radical (unpaired) electrons. The van der Waals surface area contributed by atoms with Gasteiger partial charge in [0.05, 0.1) is 0 Å². The molecule has 1 atom stereocenters. The van der Waals surface area contributed by atoms with E-state index in [0.29, 0.717) is 12.3 Å². The van der Waals surface area contributed by atoms with Gasteiger partial charge in [0.2, 0.25) is 7.37 Å². The second-order valence-corrected chi connectivity index (χ2v) is 7.09. The van der Waals surface area contributed by atoms with Crippen LogP contribution >= 0.6 is 7.37 Å². The lowest BCUT2D eigenvalue weighted by Crippen LogP contribution is -2.17. The van der Waals surface area contributed by atoms with Crippen LogP contribution in [0.25, 0.3) is 0 Å². The van der Waals surface area contributed by atoms with Gasteiger partial charge in [-0.2, -0.15) is 13.2 Å². The Labute approximate surface area is 93.7 Å². The molecule has 1 unspecified atom stereocenters. The van der Waals surface area contributed by atoms with Crippen molar-refractivity contribution >= 4 is 7.37 Å². The van der Waals surface area contributed by atoms with Gasteiger partial charge in [0.25, 0.3) is 0 Å². The molecule has 0 aliphatic heterocycles. The first-order valence-corrected chi connectivity index (χ1v) is 7.69. The average Bonchev–Trinajstić information content (AvgIpc) is 2.13. The smallest absolute Gasteiger partial charge is 0.344 e. The Balaban J connectivity index is 2.32. The lowest BCUT2D eigenvalue weighted by molar-refractivity contribution is -0.107. The molecule has 0 aromatic carbocycles. The molecule has 1 N–H and O–H groups in total. The molecule has 6 heteroatoms. The van der Waals surface area contributed by atoms with Gasteiger partial charge in [-0.25, -0.2) is 0 Å². The Hall–Kier alpha value is -0.0200. The summed E-state index contributed by atoms with van der Waals surface area (Å²) in [5.41, 5.74) is 0. The van der Waals surface area contributed by atoms with Crippen molar-refractivity contribution in [1.82, 2.24) is 0 Å². The summed E-state index contributed by atoms with van der Waals surface area (Å²) >= 11 is 0. The van der Waals surface area contributed by atoms with Crippen molar-refractivity contribution < 1.29 is 22.6 Å². The fraction of sp³-hybridized carbons (Fsp3) is 1.00. The van der Waals surface area contributed by atoms with Crippen LogP contribution in [0.15, 0.2) is 0 Å². The minimum Gasteiger partial charge on any atom is -0.344 e. The largest absolute Gasteiger partial charge is 0.397 e. The summed E-state index contributed by atoms with van der Waals surface area (Å²) in [5.74, 6) is 0.349. The highest BCUT2D eigenvalue weighted by molar-refractivity contribution is 7.58. The highest BCUT2D eigenvalue weighted by Crippen LogP contribution is 2.47. The SMILES string of the molecule is O=P(O)(CCC1CCCCC1)CC(F)(F)F. The summed E-state index contributed by atoms with van der Waals surface area (Å²) in [4.78, 5) is 9.22. The second-order valence-electron chi connectivity index (χ2n) is 4.64. The molecule has 0 saturated heterocycles. The van der Waals surface area contributed by atoms with E-state index in [1.54, 1.807) is 0 Å². The van der Waals surface area contributed by atoms with Crippen molar-refractivity contribution in [3.8, 4) is 0 Å². The number of alkyl halides is 3. The highest BCUT2D eigenvalue weighted by Gasteiger charge is 2.37. The molecule has 0 heterocycles. The first kappa shape index (κ1) is 14.0. The van der Waals surface area contributed by atoms with E-state index in [-0.39, 0.29) is 6.16 Å². The predicted octanol–water partition coefficient (Wildman–Crippen LogP) is 3.79. The summed E-state index contributed by atoms with van der Waals surface area (Å²) in [5, 5.41) is 0. The Morgan fingerprint density at radius 2 is 1.75 bits per heavy atom. The Kier molecular flexibility index (Phi) is 4.87. The fourth-order valence-electron chi connectivity index (χ4n) is 2.22. The molecule has 1 rings (SSSR count). The maximum absolute atomic E-state index is 12.0. The van der Waals surface area contributed by atoms with E-state index in [4.69, 9.17) is 0 Å². The van der Waals surface area contributed by atoms with Crippen LogP contribution in [-0.2, 0) is 4.57 Å². The van der Waals surface area contributed by atoms with Gasteiger partial charge in [0.15, 0.2) is 0 Å². The Morgan fingerprint density at radius 3 is 2.25 bits per heavy atom. The van der Waals surface area contributed by atoms with Crippen LogP contribution in [0.4, 0.5) is 13.2 Å². The number of hydrogen-bond donors (Lipinski definition) is 1. The molecule has 16 heavy (non-hydrogen) atoms. The second kappa shape index (κ2) is 5.54. The third-order valence-electron chi connectivity index (χ3n) is 3.04. The number of halogens is 3. The standard InChI is InChI=1S/C10H18F3O2P/c11-10(12,13)8-16(14,15)7-6-9-4-2-1-3-5-9/h9H,1-8H2,(H,14,15). The van der Waals surface area contributed by atoms with Gasteiger partial charge >= 0.3 is 6.18 Å². The predicted molar refractivity (Wildman–Crippen MR) is 56.8 cm³/mol. The van der Waals surface area contributed by atoms with Gasteiger partial charge < -0.3 is 4.89 Å². The maximum Gasteiger partial charge on any atom is 0.397 e. The molecule has 0 spiro atoms. The van der Waals surface area contributed by atoms with Crippen LogP contribution in [0, 0.1) is 5.92 Å². The van der Waals surface area contributed by atoms with Crippen molar-refractivity contribution in [2.75, 3.05) is 12.3 Å². The highest BCUT2D eigenvalue weighted by atomic mass is 31.2. The molecule has 1 aliphatic carbocycles. The van der Waals surface area contributed by atoms with Crippen LogP contribution < -0.4 is 0 Å². The normalized spacial score (nSPS) is 23.0. The zero-order valence-corrected chi connectivity index (χ0v) is 10.1. The lowest BCUT2D eigenvalue weighted by atomic mass is 9.88. The van der Waals surface area contributed by atoms with Crippen molar-refractivity contribution in [3.05, 3.63) is 0 Å². The van der Waals surface area contributed by atoms with Gasteiger partial charge in [0, 0.05) is 6.16 Å². The van der Waals surface area contributed by atoms with Crippen molar-refractivity contribution in [1.29, 1.82) is 0 Å². The van der Waals surface area contributed by atoms with Gasteiger partial charge in [0.1, 0.15) is 6.16 Å². The van der Waals surface area contributed by atoms with Gasteiger partial charge in [-0.3, -0.25) is 4.57 Å². The Morgan fingerprint density at radius 1 is 1.19 bits per heavy atom. The van der Waals surface area contributed by atoms with Crippen molar-refractivity contribution in [2.24, 2.45) is 5.92 Å². The molecule has 0 bridgehead atoms. The minimum atomic E-state index is -4.53. The van der Waals surface area contributed by atoms with Crippen LogP contribution in [0.3, 0.4) is 0 Å². The molecule has 0 aromatic rings. The molecular weight excluding hydrogens is 240 g/mol. The third kappa shape index (κ3) is 5.90. The van der Waals surface area contributed by atoms with Crippen molar-refractivity contribution in [3.63, 3.8) is 0 Å². The minimum absolute atomic E-state index is 0.183. The molecule has 1 aliphatic rings. The van der Waals surface area contributed by atoms with Crippen LogP contribution in [0.5, 0.6) is 0 Å². The van der Waals surface area contributed by atoms with Gasteiger partial charge in [-0.1, -0.05) is 32.1 Å². The summed E-state index contributed by atoms with van der Waals surface area (Å²) < 4.78 is 47.3. The summed E-state index contributed by atoms with van der Waals surface area (Å²) in [6.07, 6.45) is -0.433. The van der Waals surface area contributed by atoms with Gasteiger partial charge in [-0.15, -0.1) is 0 Å². The van der Waals surface area contributed by atoms with E-state index in [2.05, 4.69) is 0 Å². The number of rotatable bonds is 4. The summed E-state index contributed by atoms with van der Waals surface area (Å²) in [6.45, 7) is 0. The van der Waals surface area contributed by atoms with Crippen LogP contribution in [0.2, 0.25) is 0 Å². The Bertz CT molecular complexity index is 259. The molecule has 1 fully saturated rings. The molecule has 2 nitrogen and oxygen atoms in total. The molecular formula is C10H18F3O2P. The van der Waals surface area contributed by atoms with Gasteiger partial charge in [-0.05, 0) is 12.3 Å². The maximum atomic E-state index is 12.0. The van der Waals surface area contributed by atoms with E-state index in [1.165, 1.54) is 6.42 Å². The summed E-state index contributed by atoms with van der Waals surface area (Å²) in [7, 11) is -4.01. The zero-order chi connectivity index (χ0) is 12.2. The first-order valence-electron chi connectivity index (χ1n) is 5.66. The molecule has 1 saturated carbocycles. The lowest BCUT2D eigenvalue weighted by Gasteiger charge is -2.22. The molecule has 96 valence electrons.